The van der Waals surface area contributed by atoms with Crippen LogP contribution in [0, 0.1) is 5.92 Å². The van der Waals surface area contributed by atoms with Crippen molar-refractivity contribution in [2.45, 2.75) is 51.6 Å². The SMILES string of the molecule is COC(=O)CN1C(=O)C(CC(C)C)N2C(=O)CCC2(C)C1=O. The molecule has 0 aromatic heterocycles. The van der Waals surface area contributed by atoms with Gasteiger partial charge < -0.3 is 9.64 Å². The number of amides is 3. The van der Waals surface area contributed by atoms with Gasteiger partial charge in [-0.2, -0.15) is 0 Å². The van der Waals surface area contributed by atoms with Gasteiger partial charge in [0, 0.05) is 6.42 Å². The van der Waals surface area contributed by atoms with Gasteiger partial charge >= 0.3 is 5.97 Å². The Hall–Kier alpha value is -1.92. The fourth-order valence-corrected chi connectivity index (χ4v) is 3.27. The fraction of sp³-hybridized carbons (Fsp3) is 0.733. The average molecular weight is 310 g/mol. The van der Waals surface area contributed by atoms with Crippen molar-refractivity contribution in [2.75, 3.05) is 13.7 Å². The second kappa shape index (κ2) is 5.70. The first kappa shape index (κ1) is 16.5. The lowest BCUT2D eigenvalue weighted by Gasteiger charge is -2.47. The lowest BCUT2D eigenvalue weighted by Crippen LogP contribution is -2.69. The van der Waals surface area contributed by atoms with E-state index in [9.17, 15) is 19.2 Å². The van der Waals surface area contributed by atoms with Gasteiger partial charge in [0.25, 0.3) is 11.8 Å². The van der Waals surface area contributed by atoms with Crippen molar-refractivity contribution in [3.05, 3.63) is 0 Å². The lowest BCUT2D eigenvalue weighted by molar-refractivity contribution is -0.173. The third-order valence-corrected chi connectivity index (χ3v) is 4.40. The van der Waals surface area contributed by atoms with Gasteiger partial charge in [-0.3, -0.25) is 24.1 Å². The molecule has 7 heteroatoms. The summed E-state index contributed by atoms with van der Waals surface area (Å²) in [6, 6.07) is -0.692. The Labute approximate surface area is 129 Å². The maximum atomic E-state index is 12.7. The molecule has 0 aliphatic carbocycles. The third kappa shape index (κ3) is 2.48. The maximum Gasteiger partial charge on any atom is 0.325 e. The molecule has 7 nitrogen and oxygen atoms in total. The molecule has 0 aromatic carbocycles. The molecular weight excluding hydrogens is 288 g/mol. The van der Waals surface area contributed by atoms with Gasteiger partial charge in [-0.15, -0.1) is 0 Å². The molecular formula is C15H22N2O5. The van der Waals surface area contributed by atoms with Crippen LogP contribution in [0.15, 0.2) is 0 Å². The average Bonchev–Trinajstić information content (AvgIpc) is 2.76. The molecule has 0 radical (unpaired) electrons. The summed E-state index contributed by atoms with van der Waals surface area (Å²) >= 11 is 0. The van der Waals surface area contributed by atoms with Crippen LogP contribution in [0.5, 0.6) is 0 Å². The van der Waals surface area contributed by atoms with E-state index < -0.39 is 35.9 Å². The van der Waals surface area contributed by atoms with Gasteiger partial charge in [0.2, 0.25) is 5.91 Å². The minimum Gasteiger partial charge on any atom is -0.468 e. The zero-order chi connectivity index (χ0) is 16.7. The maximum absolute atomic E-state index is 12.7. The molecule has 0 spiro atoms. The van der Waals surface area contributed by atoms with Crippen LogP contribution >= 0.6 is 0 Å². The Morgan fingerprint density at radius 3 is 2.55 bits per heavy atom. The molecule has 0 bridgehead atoms. The van der Waals surface area contributed by atoms with Crippen molar-refractivity contribution < 1.29 is 23.9 Å². The minimum absolute atomic E-state index is 0.174. The Kier molecular flexibility index (Phi) is 4.26. The molecule has 2 saturated heterocycles. The highest BCUT2D eigenvalue weighted by atomic mass is 16.5. The van der Waals surface area contributed by atoms with Crippen LogP contribution < -0.4 is 0 Å². The van der Waals surface area contributed by atoms with Gasteiger partial charge in [-0.05, 0) is 25.7 Å². The minimum atomic E-state index is -1.04. The number of piperazine rings is 1. The summed E-state index contributed by atoms with van der Waals surface area (Å²) in [4.78, 5) is 51.4. The van der Waals surface area contributed by atoms with Gasteiger partial charge in [-0.1, -0.05) is 13.8 Å². The number of carbonyl (C=O) groups is 4. The van der Waals surface area contributed by atoms with Crippen LogP contribution in [0.4, 0.5) is 0 Å². The largest absolute Gasteiger partial charge is 0.468 e. The predicted octanol–water partition coefficient (Wildman–Crippen LogP) is 0.324. The van der Waals surface area contributed by atoms with E-state index in [1.165, 1.54) is 12.0 Å². The lowest BCUT2D eigenvalue weighted by atomic mass is 9.88. The quantitative estimate of drug-likeness (QED) is 0.552. The molecule has 2 atom stereocenters. The number of esters is 1. The summed E-state index contributed by atoms with van der Waals surface area (Å²) in [5, 5.41) is 0. The molecule has 22 heavy (non-hydrogen) atoms. The number of methoxy groups -OCH3 is 1. The van der Waals surface area contributed by atoms with E-state index in [0.29, 0.717) is 12.8 Å². The molecule has 2 unspecified atom stereocenters. The molecule has 3 amide bonds. The number of ether oxygens (including phenoxy) is 1. The molecule has 0 aromatic rings. The standard InChI is InChI=1S/C15H22N2O5/c1-9(2)7-10-13(20)16(8-12(19)22-4)14(21)15(3)6-5-11(18)17(10)15/h9-10H,5-8H2,1-4H3. The highest BCUT2D eigenvalue weighted by Gasteiger charge is 2.59. The molecule has 122 valence electrons. The molecule has 0 N–H and O–H groups in total. The van der Waals surface area contributed by atoms with Crippen molar-refractivity contribution in [2.24, 2.45) is 5.92 Å². The van der Waals surface area contributed by atoms with Gasteiger partial charge in [0.05, 0.1) is 7.11 Å². The highest BCUT2D eigenvalue weighted by Crippen LogP contribution is 2.39. The van der Waals surface area contributed by atoms with Crippen molar-refractivity contribution in [1.82, 2.24) is 9.80 Å². The molecule has 0 saturated carbocycles. The number of hydrogen-bond donors (Lipinski definition) is 0. The molecule has 2 heterocycles. The summed E-state index contributed by atoms with van der Waals surface area (Å²) in [5.74, 6) is -1.62. The van der Waals surface area contributed by atoms with Gasteiger partial charge in [0.15, 0.2) is 0 Å². The van der Waals surface area contributed by atoms with Crippen molar-refractivity contribution in [3.63, 3.8) is 0 Å². The number of imide groups is 1. The van der Waals surface area contributed by atoms with Crippen LogP contribution in [0.1, 0.15) is 40.0 Å². The Morgan fingerprint density at radius 2 is 2.00 bits per heavy atom. The first-order valence-corrected chi connectivity index (χ1v) is 7.47. The Balaban J connectivity index is 2.40. The second-order valence-electron chi connectivity index (χ2n) is 6.49. The summed E-state index contributed by atoms with van der Waals surface area (Å²) in [7, 11) is 1.21. The van der Waals surface area contributed by atoms with E-state index in [0.717, 1.165) is 4.90 Å². The number of hydrogen-bond acceptors (Lipinski definition) is 5. The number of nitrogens with zero attached hydrogens (tertiary/aromatic N) is 2. The first-order chi connectivity index (χ1) is 10.2. The monoisotopic (exact) mass is 310 g/mol. The number of carbonyl (C=O) groups excluding carboxylic acids is 4. The van der Waals surface area contributed by atoms with E-state index in [1.807, 2.05) is 13.8 Å². The Morgan fingerprint density at radius 1 is 1.36 bits per heavy atom. The second-order valence-corrected chi connectivity index (χ2v) is 6.49. The normalized spacial score (nSPS) is 28.4. The smallest absolute Gasteiger partial charge is 0.325 e. The molecule has 2 aliphatic rings. The van der Waals surface area contributed by atoms with Gasteiger partial charge in [0.1, 0.15) is 18.1 Å². The molecule has 2 rings (SSSR count). The van der Waals surface area contributed by atoms with Crippen molar-refractivity contribution >= 4 is 23.7 Å². The Bertz CT molecular complexity index is 530. The first-order valence-electron chi connectivity index (χ1n) is 7.47. The number of rotatable bonds is 4. The summed E-state index contributed by atoms with van der Waals surface area (Å²) in [6.45, 7) is 5.17. The summed E-state index contributed by atoms with van der Waals surface area (Å²) < 4.78 is 4.57. The third-order valence-electron chi connectivity index (χ3n) is 4.40. The van der Waals surface area contributed by atoms with Crippen molar-refractivity contribution in [1.29, 1.82) is 0 Å². The topological polar surface area (TPSA) is 84.0 Å². The van der Waals surface area contributed by atoms with Crippen LogP contribution in [0.3, 0.4) is 0 Å². The molecule has 2 aliphatic heterocycles. The van der Waals surface area contributed by atoms with Crippen LogP contribution in [-0.2, 0) is 23.9 Å². The van der Waals surface area contributed by atoms with E-state index in [4.69, 9.17) is 0 Å². The highest BCUT2D eigenvalue weighted by molar-refractivity contribution is 6.10. The summed E-state index contributed by atoms with van der Waals surface area (Å²) in [5.41, 5.74) is -1.04. The predicted molar refractivity (Wildman–Crippen MR) is 76.5 cm³/mol. The van der Waals surface area contributed by atoms with E-state index in [2.05, 4.69) is 4.74 Å². The van der Waals surface area contributed by atoms with E-state index in [1.54, 1.807) is 6.92 Å². The van der Waals surface area contributed by atoms with Crippen LogP contribution in [0.25, 0.3) is 0 Å². The molecule has 2 fully saturated rings. The zero-order valence-corrected chi connectivity index (χ0v) is 13.4. The van der Waals surface area contributed by atoms with Crippen LogP contribution in [-0.4, -0.2) is 58.7 Å². The van der Waals surface area contributed by atoms with E-state index in [-0.39, 0.29) is 18.2 Å². The number of fused-ring (bicyclic) bond motifs is 1. The van der Waals surface area contributed by atoms with E-state index >= 15 is 0 Å². The fourth-order valence-electron chi connectivity index (χ4n) is 3.27. The van der Waals surface area contributed by atoms with Crippen LogP contribution in [0.2, 0.25) is 0 Å². The zero-order valence-electron chi connectivity index (χ0n) is 13.4. The summed E-state index contributed by atoms with van der Waals surface area (Å²) in [6.07, 6.45) is 1.07. The van der Waals surface area contributed by atoms with Crippen molar-refractivity contribution in [3.8, 4) is 0 Å². The van der Waals surface area contributed by atoms with Gasteiger partial charge in [-0.25, -0.2) is 0 Å².